The van der Waals surface area contributed by atoms with Crippen molar-refractivity contribution in [2.45, 2.75) is 45.8 Å². The maximum atomic E-state index is 5.77. The summed E-state index contributed by atoms with van der Waals surface area (Å²) in [7, 11) is 1.72. The number of rotatable bonds is 9. The SMILES string of the molecule is CCCNCc1cccnc1OCCC(C)(C)OC. The lowest BCUT2D eigenvalue weighted by atomic mass is 10.1. The molecule has 4 heteroatoms. The summed E-state index contributed by atoms with van der Waals surface area (Å²) in [6.45, 7) is 8.67. The van der Waals surface area contributed by atoms with E-state index in [0.717, 1.165) is 37.4 Å². The molecule has 0 spiro atoms. The standard InChI is InChI=1S/C15H26N2O2/c1-5-9-16-12-13-7-6-10-17-14(13)19-11-8-15(2,3)18-4/h6-7,10,16H,5,8-9,11-12H2,1-4H3. The third-order valence-electron chi connectivity index (χ3n) is 3.09. The Labute approximate surface area is 116 Å². The monoisotopic (exact) mass is 266 g/mol. The van der Waals surface area contributed by atoms with Crippen molar-refractivity contribution in [1.29, 1.82) is 0 Å². The van der Waals surface area contributed by atoms with Gasteiger partial charge in [0.25, 0.3) is 0 Å². The molecule has 0 bridgehead atoms. The van der Waals surface area contributed by atoms with Crippen LogP contribution in [0.25, 0.3) is 0 Å². The molecule has 19 heavy (non-hydrogen) atoms. The van der Waals surface area contributed by atoms with Crippen molar-refractivity contribution in [2.24, 2.45) is 0 Å². The Hall–Kier alpha value is -1.13. The number of nitrogens with one attached hydrogen (secondary N) is 1. The smallest absolute Gasteiger partial charge is 0.217 e. The van der Waals surface area contributed by atoms with Gasteiger partial charge in [0, 0.05) is 31.8 Å². The first kappa shape index (κ1) is 15.9. The van der Waals surface area contributed by atoms with Crippen LogP contribution in [-0.4, -0.2) is 30.8 Å². The van der Waals surface area contributed by atoms with Crippen LogP contribution in [0.2, 0.25) is 0 Å². The van der Waals surface area contributed by atoms with Crippen LogP contribution < -0.4 is 10.1 Å². The van der Waals surface area contributed by atoms with E-state index in [4.69, 9.17) is 9.47 Å². The van der Waals surface area contributed by atoms with Crippen LogP contribution in [0, 0.1) is 0 Å². The Morgan fingerprint density at radius 1 is 1.37 bits per heavy atom. The van der Waals surface area contributed by atoms with Gasteiger partial charge in [-0.2, -0.15) is 0 Å². The Morgan fingerprint density at radius 2 is 2.16 bits per heavy atom. The normalized spacial score (nSPS) is 11.6. The fourth-order valence-electron chi connectivity index (χ4n) is 1.58. The van der Waals surface area contributed by atoms with Gasteiger partial charge in [-0.05, 0) is 32.9 Å². The Morgan fingerprint density at radius 3 is 2.84 bits per heavy atom. The molecule has 0 aliphatic carbocycles. The molecule has 0 atom stereocenters. The second kappa shape index (κ2) is 8.12. The second-order valence-electron chi connectivity index (χ2n) is 5.21. The van der Waals surface area contributed by atoms with E-state index in [0.29, 0.717) is 6.61 Å². The largest absolute Gasteiger partial charge is 0.477 e. The van der Waals surface area contributed by atoms with Crippen molar-refractivity contribution in [1.82, 2.24) is 10.3 Å². The highest BCUT2D eigenvalue weighted by atomic mass is 16.5. The Bertz CT molecular complexity index is 367. The number of aromatic nitrogens is 1. The van der Waals surface area contributed by atoms with Crippen LogP contribution in [-0.2, 0) is 11.3 Å². The molecule has 0 saturated carbocycles. The number of nitrogens with zero attached hydrogens (tertiary/aromatic N) is 1. The van der Waals surface area contributed by atoms with Crippen LogP contribution >= 0.6 is 0 Å². The topological polar surface area (TPSA) is 43.4 Å². The molecule has 0 aliphatic rings. The minimum absolute atomic E-state index is 0.157. The average molecular weight is 266 g/mol. The molecular formula is C15H26N2O2. The summed E-state index contributed by atoms with van der Waals surface area (Å²) in [5.74, 6) is 0.720. The fraction of sp³-hybridized carbons (Fsp3) is 0.667. The molecule has 1 aromatic rings. The number of hydrogen-bond acceptors (Lipinski definition) is 4. The molecule has 0 fully saturated rings. The summed E-state index contributed by atoms with van der Waals surface area (Å²) in [6, 6.07) is 3.99. The van der Waals surface area contributed by atoms with Gasteiger partial charge in [0.1, 0.15) is 0 Å². The van der Waals surface area contributed by atoms with Crippen LogP contribution in [0.3, 0.4) is 0 Å². The first-order chi connectivity index (χ1) is 9.09. The van der Waals surface area contributed by atoms with Crippen molar-refractivity contribution in [2.75, 3.05) is 20.3 Å². The molecule has 1 aromatic heterocycles. The maximum absolute atomic E-state index is 5.77. The molecular weight excluding hydrogens is 240 g/mol. The highest BCUT2D eigenvalue weighted by molar-refractivity contribution is 5.25. The highest BCUT2D eigenvalue weighted by Crippen LogP contribution is 2.17. The van der Waals surface area contributed by atoms with Gasteiger partial charge in [-0.25, -0.2) is 4.98 Å². The average Bonchev–Trinajstić information content (AvgIpc) is 2.41. The van der Waals surface area contributed by atoms with Gasteiger partial charge in [0.05, 0.1) is 12.2 Å². The highest BCUT2D eigenvalue weighted by Gasteiger charge is 2.16. The molecule has 0 radical (unpaired) electrons. The summed E-state index contributed by atoms with van der Waals surface area (Å²) in [6.07, 6.45) is 3.72. The van der Waals surface area contributed by atoms with E-state index in [-0.39, 0.29) is 5.60 Å². The lowest BCUT2D eigenvalue weighted by Gasteiger charge is -2.22. The molecule has 1 N–H and O–H groups in total. The predicted octanol–water partition coefficient (Wildman–Crippen LogP) is 2.78. The molecule has 0 unspecified atom stereocenters. The molecule has 0 aliphatic heterocycles. The second-order valence-corrected chi connectivity index (χ2v) is 5.21. The minimum Gasteiger partial charge on any atom is -0.477 e. The zero-order valence-corrected chi connectivity index (χ0v) is 12.5. The number of ether oxygens (including phenoxy) is 2. The summed E-state index contributed by atoms with van der Waals surface area (Å²) < 4.78 is 11.1. The van der Waals surface area contributed by atoms with Crippen LogP contribution in [0.1, 0.15) is 39.2 Å². The van der Waals surface area contributed by atoms with Crippen molar-refractivity contribution < 1.29 is 9.47 Å². The van der Waals surface area contributed by atoms with Gasteiger partial charge in [0.2, 0.25) is 5.88 Å². The third kappa shape index (κ3) is 6.03. The quantitative estimate of drug-likeness (QED) is 0.698. The van der Waals surface area contributed by atoms with E-state index in [1.807, 2.05) is 12.1 Å². The third-order valence-corrected chi connectivity index (χ3v) is 3.09. The van der Waals surface area contributed by atoms with E-state index in [9.17, 15) is 0 Å². The summed E-state index contributed by atoms with van der Waals surface area (Å²) in [5.41, 5.74) is 0.946. The first-order valence-electron chi connectivity index (χ1n) is 6.91. The van der Waals surface area contributed by atoms with E-state index in [1.54, 1.807) is 13.3 Å². The zero-order valence-electron chi connectivity index (χ0n) is 12.5. The summed E-state index contributed by atoms with van der Waals surface area (Å²) in [4.78, 5) is 4.30. The number of pyridine rings is 1. The maximum Gasteiger partial charge on any atom is 0.217 e. The minimum atomic E-state index is -0.157. The Balaban J connectivity index is 2.48. The van der Waals surface area contributed by atoms with Gasteiger partial charge < -0.3 is 14.8 Å². The van der Waals surface area contributed by atoms with E-state index >= 15 is 0 Å². The lowest BCUT2D eigenvalue weighted by Crippen LogP contribution is -2.25. The molecule has 0 amide bonds. The fourth-order valence-corrected chi connectivity index (χ4v) is 1.58. The van der Waals surface area contributed by atoms with Crippen LogP contribution in [0.5, 0.6) is 5.88 Å². The zero-order chi connectivity index (χ0) is 14.1. The predicted molar refractivity (Wildman–Crippen MR) is 77.4 cm³/mol. The van der Waals surface area contributed by atoms with Crippen molar-refractivity contribution in [3.63, 3.8) is 0 Å². The summed E-state index contributed by atoms with van der Waals surface area (Å²) in [5, 5.41) is 3.36. The van der Waals surface area contributed by atoms with Crippen LogP contribution in [0.4, 0.5) is 0 Å². The lowest BCUT2D eigenvalue weighted by molar-refractivity contribution is 0.00499. The molecule has 108 valence electrons. The van der Waals surface area contributed by atoms with Crippen LogP contribution in [0.15, 0.2) is 18.3 Å². The summed E-state index contributed by atoms with van der Waals surface area (Å²) >= 11 is 0. The molecule has 0 aromatic carbocycles. The molecule has 4 nitrogen and oxygen atoms in total. The molecule has 0 saturated heterocycles. The molecule has 1 heterocycles. The van der Waals surface area contributed by atoms with Crippen molar-refractivity contribution >= 4 is 0 Å². The Kier molecular flexibility index (Phi) is 6.81. The number of methoxy groups -OCH3 is 1. The first-order valence-corrected chi connectivity index (χ1v) is 6.91. The van der Waals surface area contributed by atoms with Gasteiger partial charge in [-0.1, -0.05) is 13.0 Å². The van der Waals surface area contributed by atoms with E-state index in [1.165, 1.54) is 0 Å². The number of hydrogen-bond donors (Lipinski definition) is 1. The van der Waals surface area contributed by atoms with Crippen molar-refractivity contribution in [3.05, 3.63) is 23.9 Å². The van der Waals surface area contributed by atoms with E-state index < -0.39 is 0 Å². The van der Waals surface area contributed by atoms with Crippen molar-refractivity contribution in [3.8, 4) is 5.88 Å². The van der Waals surface area contributed by atoms with Gasteiger partial charge in [-0.3, -0.25) is 0 Å². The van der Waals surface area contributed by atoms with Gasteiger partial charge in [-0.15, -0.1) is 0 Å². The van der Waals surface area contributed by atoms with Gasteiger partial charge >= 0.3 is 0 Å². The molecule has 1 rings (SSSR count). The van der Waals surface area contributed by atoms with Gasteiger partial charge in [0.15, 0.2) is 0 Å². The van der Waals surface area contributed by atoms with E-state index in [2.05, 4.69) is 31.1 Å².